The predicted molar refractivity (Wildman–Crippen MR) is 150 cm³/mol. The lowest BCUT2D eigenvalue weighted by molar-refractivity contribution is -0.192. The van der Waals surface area contributed by atoms with Crippen LogP contribution in [0.1, 0.15) is 27.0 Å². The number of aromatic amines is 1. The lowest BCUT2D eigenvalue weighted by Crippen LogP contribution is -2.54. The molecule has 4 rings (SSSR count). The standard InChI is InChI=1S/C26H27F5N3O8PS/c1-13(2)40-20(36)14(3)33-43(44,42-18-10-6-8-15-7-4-5-9-16(15)18)39-12-25(22(28)29)21(37)26(30,31)23(41-25)34-11-17(27)19(35)32-24(34)38/h4-11,13-14,21-23,37H,12H2,1-3H3,(H,33,44)(H,32,35,38). The smallest absolute Gasteiger partial charge is 0.330 e. The van der Waals surface area contributed by atoms with Crippen molar-refractivity contribution in [2.24, 2.45) is 0 Å². The van der Waals surface area contributed by atoms with Gasteiger partial charge in [0, 0.05) is 5.39 Å². The Morgan fingerprint density at radius 3 is 2.50 bits per heavy atom. The Morgan fingerprint density at radius 1 is 1.18 bits per heavy atom. The van der Waals surface area contributed by atoms with Crippen molar-refractivity contribution in [1.82, 2.24) is 14.6 Å². The van der Waals surface area contributed by atoms with Gasteiger partial charge in [0.1, 0.15) is 11.8 Å². The van der Waals surface area contributed by atoms with Gasteiger partial charge in [-0.15, -0.1) is 0 Å². The molecule has 11 nitrogen and oxygen atoms in total. The average Bonchev–Trinajstić information content (AvgIpc) is 3.15. The molecule has 2 heterocycles. The number of hydrogen-bond donors (Lipinski definition) is 3. The maximum absolute atomic E-state index is 15.3. The molecule has 0 amide bonds. The van der Waals surface area contributed by atoms with Crippen LogP contribution >= 0.6 is 6.64 Å². The SMILES string of the molecule is CC(C)OC(=O)C(C)NP(=S)(OCC1(C(F)F)OC(n2cc(F)c(=O)[nH]c2=O)C(F)(F)C1O)Oc1cccc2ccccc12. The molecule has 3 N–H and O–H groups in total. The van der Waals surface area contributed by atoms with Gasteiger partial charge >= 0.3 is 24.2 Å². The van der Waals surface area contributed by atoms with Crippen molar-refractivity contribution in [2.45, 2.75) is 63.2 Å². The van der Waals surface area contributed by atoms with Crippen molar-refractivity contribution in [3.8, 4) is 5.75 Å². The molecule has 0 radical (unpaired) electrons. The van der Waals surface area contributed by atoms with Crippen LogP contribution in [0.25, 0.3) is 10.8 Å². The van der Waals surface area contributed by atoms with Gasteiger partial charge in [0.25, 0.3) is 12.0 Å². The molecule has 5 unspecified atom stereocenters. The van der Waals surface area contributed by atoms with Gasteiger partial charge in [-0.05, 0) is 44.0 Å². The zero-order valence-electron chi connectivity index (χ0n) is 23.2. The number of aliphatic hydroxyl groups excluding tert-OH is 1. The summed E-state index contributed by atoms with van der Waals surface area (Å²) in [4.78, 5) is 37.5. The van der Waals surface area contributed by atoms with E-state index in [1.807, 2.05) is 0 Å². The fraction of sp³-hybridized carbons (Fsp3) is 0.423. The summed E-state index contributed by atoms with van der Waals surface area (Å²) >= 11 is 5.53. The number of alkyl halides is 4. The molecule has 1 aliphatic rings. The molecule has 5 atom stereocenters. The normalized spacial score (nSPS) is 23.5. The van der Waals surface area contributed by atoms with Crippen molar-refractivity contribution in [2.75, 3.05) is 6.61 Å². The average molecular weight is 668 g/mol. The Balaban J connectivity index is 1.72. The van der Waals surface area contributed by atoms with Crippen LogP contribution in [0.15, 0.2) is 58.3 Å². The highest BCUT2D eigenvalue weighted by atomic mass is 32.5. The zero-order valence-corrected chi connectivity index (χ0v) is 24.9. The van der Waals surface area contributed by atoms with Crippen molar-refractivity contribution < 1.29 is 50.4 Å². The molecule has 1 saturated heterocycles. The van der Waals surface area contributed by atoms with E-state index in [0.29, 0.717) is 10.8 Å². The number of nitrogens with one attached hydrogen (secondary N) is 2. The Morgan fingerprint density at radius 2 is 1.84 bits per heavy atom. The van der Waals surface area contributed by atoms with Crippen molar-refractivity contribution in [3.05, 3.63) is 75.3 Å². The number of ether oxygens (including phenoxy) is 2. The third kappa shape index (κ3) is 6.57. The molecular formula is C26H27F5N3O8PS. The lowest BCUT2D eigenvalue weighted by Gasteiger charge is -2.34. The fourth-order valence-corrected chi connectivity index (χ4v) is 6.76. The second-order valence-electron chi connectivity index (χ2n) is 10.1. The van der Waals surface area contributed by atoms with Crippen LogP contribution in [-0.2, 0) is 30.6 Å². The third-order valence-electron chi connectivity index (χ3n) is 6.52. The second-order valence-corrected chi connectivity index (χ2v) is 13.3. The van der Waals surface area contributed by atoms with Crippen LogP contribution < -0.4 is 20.9 Å². The van der Waals surface area contributed by atoms with E-state index >= 15 is 8.78 Å². The molecular weight excluding hydrogens is 640 g/mol. The van der Waals surface area contributed by atoms with Crippen molar-refractivity contribution in [3.63, 3.8) is 0 Å². The molecule has 1 fully saturated rings. The Labute approximate surface area is 251 Å². The molecule has 18 heteroatoms. The quantitative estimate of drug-likeness (QED) is 0.158. The third-order valence-corrected chi connectivity index (χ3v) is 8.99. The minimum Gasteiger partial charge on any atom is -0.462 e. The van der Waals surface area contributed by atoms with E-state index < -0.39 is 78.7 Å². The first-order valence-corrected chi connectivity index (χ1v) is 15.6. The summed E-state index contributed by atoms with van der Waals surface area (Å²) in [7, 11) is 0. The largest absolute Gasteiger partial charge is 0.462 e. The molecule has 44 heavy (non-hydrogen) atoms. The Kier molecular flexibility index (Phi) is 9.68. The monoisotopic (exact) mass is 667 g/mol. The van der Waals surface area contributed by atoms with Gasteiger partial charge in [-0.25, -0.2) is 18.7 Å². The van der Waals surface area contributed by atoms with E-state index in [9.17, 15) is 32.7 Å². The van der Waals surface area contributed by atoms with Gasteiger partial charge in [-0.1, -0.05) is 36.4 Å². The van der Waals surface area contributed by atoms with Gasteiger partial charge in [-0.3, -0.25) is 19.1 Å². The van der Waals surface area contributed by atoms with Gasteiger partial charge in [0.05, 0.1) is 18.9 Å². The van der Waals surface area contributed by atoms with Gasteiger partial charge in [-0.2, -0.15) is 13.2 Å². The highest BCUT2D eigenvalue weighted by Crippen LogP contribution is 2.53. The summed E-state index contributed by atoms with van der Waals surface area (Å²) in [6, 6.07) is 10.3. The topological polar surface area (TPSA) is 141 Å². The molecule has 0 spiro atoms. The number of aliphatic hydroxyl groups is 1. The fourth-order valence-electron chi connectivity index (χ4n) is 4.34. The zero-order chi connectivity index (χ0) is 32.6. The number of hydrogen-bond acceptors (Lipinski definition) is 9. The molecule has 3 aromatic rings. The number of carbonyl (C=O) groups is 1. The number of halogens is 5. The van der Waals surface area contributed by atoms with Crippen LogP contribution in [0.3, 0.4) is 0 Å². The summed E-state index contributed by atoms with van der Waals surface area (Å²) in [6.45, 7) is -1.28. The summed E-state index contributed by atoms with van der Waals surface area (Å²) in [5, 5.41) is 14.3. The molecule has 0 saturated carbocycles. The maximum atomic E-state index is 15.3. The van der Waals surface area contributed by atoms with E-state index in [1.165, 1.54) is 18.0 Å². The Bertz CT molecular complexity index is 1700. The summed E-state index contributed by atoms with van der Waals surface area (Å²) in [5.41, 5.74) is -6.74. The summed E-state index contributed by atoms with van der Waals surface area (Å²) in [6.07, 6.45) is -10.8. The molecule has 1 aliphatic heterocycles. The van der Waals surface area contributed by atoms with Gasteiger partial charge in [0.2, 0.25) is 12.0 Å². The minimum absolute atomic E-state index is 0.0342. The van der Waals surface area contributed by atoms with Gasteiger partial charge < -0.3 is 23.6 Å². The van der Waals surface area contributed by atoms with Crippen molar-refractivity contribution >= 4 is 35.2 Å². The summed E-state index contributed by atoms with van der Waals surface area (Å²) in [5.74, 6) is -7.09. The van der Waals surface area contributed by atoms with Crippen LogP contribution in [0.4, 0.5) is 22.0 Å². The number of benzene rings is 2. The number of aromatic nitrogens is 2. The molecule has 0 aliphatic carbocycles. The second kappa shape index (κ2) is 12.7. The van der Waals surface area contributed by atoms with Crippen LogP contribution in [0, 0.1) is 5.82 Å². The number of H-pyrrole nitrogens is 1. The maximum Gasteiger partial charge on any atom is 0.330 e. The lowest BCUT2D eigenvalue weighted by atomic mass is 9.96. The molecule has 0 bridgehead atoms. The first-order chi connectivity index (χ1) is 20.5. The van der Waals surface area contributed by atoms with E-state index in [2.05, 4.69) is 5.09 Å². The highest BCUT2D eigenvalue weighted by Gasteiger charge is 2.71. The van der Waals surface area contributed by atoms with Crippen LogP contribution in [0.2, 0.25) is 0 Å². The van der Waals surface area contributed by atoms with E-state index in [4.69, 9.17) is 30.3 Å². The van der Waals surface area contributed by atoms with E-state index in [-0.39, 0.29) is 16.5 Å². The predicted octanol–water partition coefficient (Wildman–Crippen LogP) is 3.61. The molecule has 240 valence electrons. The first-order valence-electron chi connectivity index (χ1n) is 12.9. The van der Waals surface area contributed by atoms with Crippen LogP contribution in [0.5, 0.6) is 5.75 Å². The van der Waals surface area contributed by atoms with Gasteiger partial charge in [0.15, 0.2) is 11.7 Å². The minimum atomic E-state index is -4.64. The van der Waals surface area contributed by atoms with E-state index in [1.54, 1.807) is 50.2 Å². The Hall–Kier alpha value is -3.21. The number of carbonyl (C=O) groups excluding carboxylic acids is 1. The highest BCUT2D eigenvalue weighted by molar-refractivity contribution is 8.09. The number of nitrogens with zero attached hydrogens (tertiary/aromatic N) is 1. The molecule has 2 aromatic carbocycles. The summed E-state index contributed by atoms with van der Waals surface area (Å²) < 4.78 is 95.0. The molecule has 1 aromatic heterocycles. The number of esters is 1. The van der Waals surface area contributed by atoms with E-state index in [0.717, 1.165) is 0 Å². The van der Waals surface area contributed by atoms with Crippen molar-refractivity contribution in [1.29, 1.82) is 0 Å². The number of rotatable bonds is 11. The number of fused-ring (bicyclic) bond motifs is 1. The van der Waals surface area contributed by atoms with Crippen LogP contribution in [-0.4, -0.2) is 63.4 Å². The first kappa shape index (κ1) is 33.7.